The molecule has 114 valence electrons. The Kier molecular flexibility index (Phi) is 4.79. The van der Waals surface area contributed by atoms with E-state index in [9.17, 15) is 4.39 Å². The third-order valence-electron chi connectivity index (χ3n) is 3.26. The summed E-state index contributed by atoms with van der Waals surface area (Å²) in [6.45, 7) is 0.518. The molecule has 0 radical (unpaired) electrons. The summed E-state index contributed by atoms with van der Waals surface area (Å²) < 4.78 is 18.6. The number of hydrogen-bond donors (Lipinski definition) is 0. The lowest BCUT2D eigenvalue weighted by molar-refractivity contribution is 0.482. The summed E-state index contributed by atoms with van der Waals surface area (Å²) in [5.41, 5.74) is 1.93. The van der Waals surface area contributed by atoms with Gasteiger partial charge in [0.1, 0.15) is 17.3 Å². The Morgan fingerprint density at radius 2 is 1.57 bits per heavy atom. The van der Waals surface area contributed by atoms with Crippen molar-refractivity contribution in [1.29, 1.82) is 0 Å². The Hall–Kier alpha value is -2.94. The summed E-state index contributed by atoms with van der Waals surface area (Å²) >= 11 is 0. The summed E-state index contributed by atoms with van der Waals surface area (Å²) in [7, 11) is 0. The fraction of sp³-hybridized carbons (Fsp3) is 0.0500. The summed E-state index contributed by atoms with van der Waals surface area (Å²) in [5.74, 6) is 1.33. The number of halogens is 1. The number of aliphatic imine (C=N–C) groups is 1. The molecule has 0 aliphatic heterocycles. The van der Waals surface area contributed by atoms with E-state index < -0.39 is 0 Å². The van der Waals surface area contributed by atoms with Crippen LogP contribution in [0.5, 0.6) is 11.5 Å². The molecule has 0 aliphatic carbocycles. The average Bonchev–Trinajstić information content (AvgIpc) is 2.58. The molecule has 0 unspecified atom stereocenters. The maximum atomic E-state index is 12.8. The second kappa shape index (κ2) is 7.36. The van der Waals surface area contributed by atoms with Crippen LogP contribution in [-0.2, 0) is 6.54 Å². The minimum Gasteiger partial charge on any atom is -0.457 e. The zero-order valence-corrected chi connectivity index (χ0v) is 12.5. The number of hydrogen-bond acceptors (Lipinski definition) is 2. The Morgan fingerprint density at radius 1 is 0.826 bits per heavy atom. The van der Waals surface area contributed by atoms with Crippen LogP contribution in [-0.4, -0.2) is 6.21 Å². The Labute approximate surface area is 134 Å². The topological polar surface area (TPSA) is 21.6 Å². The second-order valence-corrected chi connectivity index (χ2v) is 5.08. The molecule has 2 nitrogen and oxygen atoms in total. The Balaban J connectivity index is 1.65. The molecule has 0 aliphatic rings. The normalized spacial score (nSPS) is 10.8. The standard InChI is InChI=1S/C20H16FNO/c21-18-11-9-16(10-12-18)14-22-15-17-5-4-8-20(13-17)23-19-6-2-1-3-7-19/h1-13,15H,14H2. The first-order valence-corrected chi connectivity index (χ1v) is 7.37. The highest BCUT2D eigenvalue weighted by molar-refractivity contribution is 5.80. The highest BCUT2D eigenvalue weighted by Crippen LogP contribution is 2.21. The van der Waals surface area contributed by atoms with Gasteiger partial charge in [0.25, 0.3) is 0 Å². The molecule has 0 bridgehead atoms. The van der Waals surface area contributed by atoms with Crippen LogP contribution in [0.1, 0.15) is 11.1 Å². The third kappa shape index (κ3) is 4.51. The van der Waals surface area contributed by atoms with E-state index in [1.54, 1.807) is 18.3 Å². The molecule has 0 heterocycles. The molecule has 3 heteroatoms. The molecule has 3 rings (SSSR count). The van der Waals surface area contributed by atoms with E-state index in [0.717, 1.165) is 22.6 Å². The van der Waals surface area contributed by atoms with Crippen molar-refractivity contribution in [2.45, 2.75) is 6.54 Å². The van der Waals surface area contributed by atoms with Crippen molar-refractivity contribution in [3.8, 4) is 11.5 Å². The second-order valence-electron chi connectivity index (χ2n) is 5.08. The SMILES string of the molecule is Fc1ccc(CN=Cc2cccc(Oc3ccccc3)c2)cc1. The van der Waals surface area contributed by atoms with E-state index in [2.05, 4.69) is 4.99 Å². The van der Waals surface area contributed by atoms with E-state index in [1.165, 1.54) is 12.1 Å². The van der Waals surface area contributed by atoms with Gasteiger partial charge in [-0.1, -0.05) is 42.5 Å². The number of rotatable bonds is 5. The highest BCUT2D eigenvalue weighted by atomic mass is 19.1. The van der Waals surface area contributed by atoms with Crippen molar-refractivity contribution in [3.05, 3.63) is 95.8 Å². The van der Waals surface area contributed by atoms with Crippen LogP contribution < -0.4 is 4.74 Å². The molecular weight excluding hydrogens is 289 g/mol. The Bertz CT molecular complexity index is 782. The number of para-hydroxylation sites is 1. The molecule has 0 saturated carbocycles. The molecule has 0 N–H and O–H groups in total. The summed E-state index contributed by atoms with van der Waals surface area (Å²) in [6, 6.07) is 23.7. The van der Waals surface area contributed by atoms with Gasteiger partial charge in [-0.2, -0.15) is 0 Å². The summed E-state index contributed by atoms with van der Waals surface area (Å²) in [4.78, 5) is 4.39. The molecule has 3 aromatic carbocycles. The van der Waals surface area contributed by atoms with E-state index in [4.69, 9.17) is 4.74 Å². The van der Waals surface area contributed by atoms with Gasteiger partial charge in [-0.05, 0) is 47.5 Å². The van der Waals surface area contributed by atoms with Gasteiger partial charge in [-0.3, -0.25) is 4.99 Å². The van der Waals surface area contributed by atoms with Gasteiger partial charge in [-0.15, -0.1) is 0 Å². The largest absolute Gasteiger partial charge is 0.457 e. The molecule has 0 saturated heterocycles. The quantitative estimate of drug-likeness (QED) is 0.591. The van der Waals surface area contributed by atoms with Crippen LogP contribution in [0.15, 0.2) is 83.9 Å². The average molecular weight is 305 g/mol. The molecule has 0 spiro atoms. The van der Waals surface area contributed by atoms with Crippen LogP contribution in [0.3, 0.4) is 0 Å². The zero-order chi connectivity index (χ0) is 15.9. The van der Waals surface area contributed by atoms with Gasteiger partial charge in [0.15, 0.2) is 0 Å². The van der Waals surface area contributed by atoms with E-state index >= 15 is 0 Å². The highest BCUT2D eigenvalue weighted by Gasteiger charge is 1.97. The van der Waals surface area contributed by atoms with Crippen molar-refractivity contribution < 1.29 is 9.13 Å². The summed E-state index contributed by atoms with van der Waals surface area (Å²) in [5, 5.41) is 0. The fourth-order valence-electron chi connectivity index (χ4n) is 2.13. The van der Waals surface area contributed by atoms with Crippen molar-refractivity contribution in [3.63, 3.8) is 0 Å². The van der Waals surface area contributed by atoms with Crippen LogP contribution in [0.2, 0.25) is 0 Å². The van der Waals surface area contributed by atoms with Crippen LogP contribution in [0.25, 0.3) is 0 Å². The van der Waals surface area contributed by atoms with Crippen molar-refractivity contribution in [1.82, 2.24) is 0 Å². The molecular formula is C20H16FNO. The lowest BCUT2D eigenvalue weighted by Gasteiger charge is -2.05. The van der Waals surface area contributed by atoms with Crippen molar-refractivity contribution >= 4 is 6.21 Å². The van der Waals surface area contributed by atoms with Crippen LogP contribution >= 0.6 is 0 Å². The van der Waals surface area contributed by atoms with Gasteiger partial charge < -0.3 is 4.74 Å². The third-order valence-corrected chi connectivity index (χ3v) is 3.26. The first kappa shape index (κ1) is 15.0. The van der Waals surface area contributed by atoms with Gasteiger partial charge in [0.05, 0.1) is 6.54 Å². The minimum absolute atomic E-state index is 0.233. The predicted octanol–water partition coefficient (Wildman–Crippen LogP) is 5.24. The molecule has 0 fully saturated rings. The van der Waals surface area contributed by atoms with E-state index in [-0.39, 0.29) is 5.82 Å². The molecule has 0 aromatic heterocycles. The van der Waals surface area contributed by atoms with Crippen molar-refractivity contribution in [2.75, 3.05) is 0 Å². The summed E-state index contributed by atoms with van der Waals surface area (Å²) in [6.07, 6.45) is 1.79. The molecule has 0 amide bonds. The van der Waals surface area contributed by atoms with Gasteiger partial charge in [0, 0.05) is 6.21 Å². The zero-order valence-electron chi connectivity index (χ0n) is 12.5. The van der Waals surface area contributed by atoms with E-state index in [0.29, 0.717) is 6.54 Å². The van der Waals surface area contributed by atoms with Crippen LogP contribution in [0, 0.1) is 5.82 Å². The predicted molar refractivity (Wildman–Crippen MR) is 90.7 cm³/mol. The van der Waals surface area contributed by atoms with E-state index in [1.807, 2.05) is 54.6 Å². The molecule has 3 aromatic rings. The fourth-order valence-corrected chi connectivity index (χ4v) is 2.13. The molecule has 0 atom stereocenters. The first-order valence-electron chi connectivity index (χ1n) is 7.37. The molecule has 23 heavy (non-hydrogen) atoms. The van der Waals surface area contributed by atoms with Gasteiger partial charge >= 0.3 is 0 Å². The maximum absolute atomic E-state index is 12.8. The first-order chi connectivity index (χ1) is 11.3. The number of ether oxygens (including phenoxy) is 1. The van der Waals surface area contributed by atoms with Gasteiger partial charge in [0.2, 0.25) is 0 Å². The minimum atomic E-state index is -0.233. The van der Waals surface area contributed by atoms with Crippen LogP contribution in [0.4, 0.5) is 4.39 Å². The lowest BCUT2D eigenvalue weighted by atomic mass is 10.2. The lowest BCUT2D eigenvalue weighted by Crippen LogP contribution is -1.88. The smallest absolute Gasteiger partial charge is 0.128 e. The maximum Gasteiger partial charge on any atom is 0.128 e. The monoisotopic (exact) mass is 305 g/mol. The number of nitrogens with zero attached hydrogens (tertiary/aromatic N) is 1. The number of benzene rings is 3. The van der Waals surface area contributed by atoms with Gasteiger partial charge in [-0.25, -0.2) is 4.39 Å². The van der Waals surface area contributed by atoms with Crippen molar-refractivity contribution in [2.24, 2.45) is 4.99 Å². The Morgan fingerprint density at radius 3 is 2.35 bits per heavy atom.